The Morgan fingerprint density at radius 1 is 0.946 bits per heavy atom. The Bertz CT molecular complexity index is 1620. The summed E-state index contributed by atoms with van der Waals surface area (Å²) < 4.78 is 11.8. The van der Waals surface area contributed by atoms with Gasteiger partial charge in [0.15, 0.2) is 0 Å². The monoisotopic (exact) mass is 528 g/mol. The maximum atomic E-state index is 10.7. The van der Waals surface area contributed by atoms with Crippen LogP contribution in [0.1, 0.15) is 31.1 Å². The molecule has 7 heteroatoms. The molecular weight excluding hydrogens is 507 g/mol. The lowest BCUT2D eigenvalue weighted by Crippen LogP contribution is -2.01. The molecule has 4 aromatic carbocycles. The highest BCUT2D eigenvalue weighted by Gasteiger charge is 2.23. The van der Waals surface area contributed by atoms with Gasteiger partial charge in [0, 0.05) is 16.9 Å². The summed E-state index contributed by atoms with van der Waals surface area (Å²) >= 11 is 12.9. The van der Waals surface area contributed by atoms with E-state index in [1.165, 1.54) is 0 Å². The minimum atomic E-state index is 0.106. The predicted octanol–water partition coefficient (Wildman–Crippen LogP) is 9.14. The zero-order chi connectivity index (χ0) is 25.9. The lowest BCUT2D eigenvalue weighted by molar-refractivity contribution is 0.298. The molecule has 5 nitrogen and oxygen atoms in total. The van der Waals surface area contributed by atoms with Gasteiger partial charge in [0.05, 0.1) is 21.3 Å². The van der Waals surface area contributed by atoms with Crippen LogP contribution in [0, 0.1) is 0 Å². The van der Waals surface area contributed by atoms with Crippen LogP contribution in [0.15, 0.2) is 88.4 Å². The molecular formula is C30H22Cl2N2O3. The van der Waals surface area contributed by atoms with Crippen LogP contribution in [0.2, 0.25) is 10.0 Å². The van der Waals surface area contributed by atoms with Crippen LogP contribution >= 0.6 is 23.2 Å². The van der Waals surface area contributed by atoms with Gasteiger partial charge in [0.25, 0.3) is 0 Å². The maximum absolute atomic E-state index is 10.7. The van der Waals surface area contributed by atoms with Crippen LogP contribution in [-0.4, -0.2) is 11.2 Å². The Kier molecular flexibility index (Phi) is 7.11. The topological polar surface area (TPSA) is 64.7 Å². The highest BCUT2D eigenvalue weighted by Crippen LogP contribution is 2.39. The van der Waals surface area contributed by atoms with E-state index in [-0.39, 0.29) is 12.5 Å². The van der Waals surface area contributed by atoms with E-state index in [4.69, 9.17) is 32.5 Å². The highest BCUT2D eigenvalue weighted by molar-refractivity contribution is 6.39. The van der Waals surface area contributed by atoms with E-state index in [0.29, 0.717) is 32.7 Å². The minimum Gasteiger partial charge on any atom is -0.489 e. The van der Waals surface area contributed by atoms with Gasteiger partial charge in [-0.25, -0.2) is 4.79 Å². The summed E-state index contributed by atoms with van der Waals surface area (Å²) in [5, 5.41) is 7.19. The number of ether oxygens (including phenoxy) is 1. The fourth-order valence-corrected chi connectivity index (χ4v) is 4.90. The lowest BCUT2D eigenvalue weighted by atomic mass is 10.0. The molecule has 0 amide bonds. The smallest absolute Gasteiger partial charge is 0.240 e. The van der Waals surface area contributed by atoms with E-state index in [1.54, 1.807) is 30.3 Å². The van der Waals surface area contributed by atoms with E-state index in [0.717, 1.165) is 33.2 Å². The second-order valence-electron chi connectivity index (χ2n) is 8.85. The summed E-state index contributed by atoms with van der Waals surface area (Å²) in [7, 11) is 0. The summed E-state index contributed by atoms with van der Waals surface area (Å²) in [5.74, 6) is 1.55. The Balaban J connectivity index is 1.40. The van der Waals surface area contributed by atoms with E-state index in [9.17, 15) is 4.79 Å². The van der Waals surface area contributed by atoms with Crippen molar-refractivity contribution in [1.82, 2.24) is 5.16 Å². The molecule has 0 spiro atoms. The molecule has 0 bridgehead atoms. The van der Waals surface area contributed by atoms with Gasteiger partial charge < -0.3 is 9.26 Å². The predicted molar refractivity (Wildman–Crippen MR) is 148 cm³/mol. The fraction of sp³-hybridized carbons (Fsp3) is 0.133. The molecule has 0 aliphatic heterocycles. The Morgan fingerprint density at radius 2 is 1.65 bits per heavy atom. The molecule has 0 unspecified atom stereocenters. The van der Waals surface area contributed by atoms with Gasteiger partial charge in [-0.05, 0) is 52.9 Å². The molecule has 0 saturated heterocycles. The number of halogens is 2. The van der Waals surface area contributed by atoms with Crippen molar-refractivity contribution >= 4 is 45.7 Å². The average Bonchev–Trinajstić information content (AvgIpc) is 3.31. The van der Waals surface area contributed by atoms with Crippen molar-refractivity contribution in [3.05, 3.63) is 100 Å². The van der Waals surface area contributed by atoms with Crippen LogP contribution in [-0.2, 0) is 11.4 Å². The minimum absolute atomic E-state index is 0.106. The van der Waals surface area contributed by atoms with Crippen LogP contribution < -0.4 is 4.74 Å². The van der Waals surface area contributed by atoms with E-state index in [1.807, 2.05) is 62.4 Å². The van der Waals surface area contributed by atoms with E-state index in [2.05, 4.69) is 16.2 Å². The molecule has 1 aromatic heterocycles. The first kappa shape index (κ1) is 24.8. The number of isocyanates is 1. The second kappa shape index (κ2) is 10.6. The molecule has 0 aliphatic rings. The van der Waals surface area contributed by atoms with Crippen LogP contribution in [0.3, 0.4) is 0 Å². The number of hydrogen-bond acceptors (Lipinski definition) is 5. The summed E-state index contributed by atoms with van der Waals surface area (Å²) in [5.41, 5.74) is 4.73. The van der Waals surface area contributed by atoms with Crippen molar-refractivity contribution in [2.75, 3.05) is 0 Å². The van der Waals surface area contributed by atoms with Gasteiger partial charge in [-0.2, -0.15) is 4.99 Å². The van der Waals surface area contributed by atoms with Crippen molar-refractivity contribution in [1.29, 1.82) is 0 Å². The third kappa shape index (κ3) is 5.03. The summed E-state index contributed by atoms with van der Waals surface area (Å²) in [4.78, 5) is 14.5. The van der Waals surface area contributed by atoms with Crippen LogP contribution in [0.25, 0.3) is 33.2 Å². The van der Waals surface area contributed by atoms with Gasteiger partial charge in [-0.15, -0.1) is 0 Å². The standard InChI is InChI=1S/C30H22Cl2N2O3/c1-18(2)30-24(29(34-37-30)28-25(31)6-4-7-26(28)32)16-36-22-12-9-19(10-13-22)20-11-14-23-21(15-20)5-3-8-27(23)33-17-35/h3-15,18H,16H2,1-2H3. The van der Waals surface area contributed by atoms with Gasteiger partial charge in [-0.3, -0.25) is 0 Å². The van der Waals surface area contributed by atoms with Gasteiger partial charge in [-0.1, -0.05) is 84.7 Å². The van der Waals surface area contributed by atoms with Gasteiger partial charge in [0.2, 0.25) is 6.08 Å². The summed E-state index contributed by atoms with van der Waals surface area (Å²) in [6, 6.07) is 24.9. The molecule has 184 valence electrons. The van der Waals surface area contributed by atoms with Gasteiger partial charge >= 0.3 is 0 Å². The lowest BCUT2D eigenvalue weighted by Gasteiger charge is -2.11. The molecule has 0 radical (unpaired) electrons. The average molecular weight is 529 g/mol. The third-order valence-electron chi connectivity index (χ3n) is 6.14. The number of benzene rings is 4. The molecule has 0 N–H and O–H groups in total. The van der Waals surface area contributed by atoms with E-state index < -0.39 is 0 Å². The largest absolute Gasteiger partial charge is 0.489 e. The van der Waals surface area contributed by atoms with Gasteiger partial charge in [0.1, 0.15) is 23.8 Å². The first-order valence-electron chi connectivity index (χ1n) is 11.7. The molecule has 0 aliphatic carbocycles. The zero-order valence-electron chi connectivity index (χ0n) is 20.2. The number of fused-ring (bicyclic) bond motifs is 1. The summed E-state index contributed by atoms with van der Waals surface area (Å²) in [6.45, 7) is 4.33. The van der Waals surface area contributed by atoms with Crippen molar-refractivity contribution in [3.8, 4) is 28.1 Å². The molecule has 0 atom stereocenters. The van der Waals surface area contributed by atoms with Crippen molar-refractivity contribution < 1.29 is 14.1 Å². The van der Waals surface area contributed by atoms with Crippen molar-refractivity contribution in [2.24, 2.45) is 4.99 Å². The Hall–Kier alpha value is -3.89. The molecule has 37 heavy (non-hydrogen) atoms. The molecule has 1 heterocycles. The first-order valence-corrected chi connectivity index (χ1v) is 12.5. The first-order chi connectivity index (χ1) is 18.0. The number of aromatic nitrogens is 1. The number of rotatable bonds is 7. The maximum Gasteiger partial charge on any atom is 0.240 e. The van der Waals surface area contributed by atoms with Crippen molar-refractivity contribution in [3.63, 3.8) is 0 Å². The number of nitrogens with zero attached hydrogens (tertiary/aromatic N) is 2. The van der Waals surface area contributed by atoms with Crippen LogP contribution in [0.5, 0.6) is 5.75 Å². The number of hydrogen-bond donors (Lipinski definition) is 0. The molecule has 5 rings (SSSR count). The summed E-state index contributed by atoms with van der Waals surface area (Å²) in [6.07, 6.45) is 1.62. The number of aliphatic imine (C=N–C) groups is 1. The fourth-order valence-electron chi connectivity index (χ4n) is 4.33. The normalized spacial score (nSPS) is 11.1. The highest BCUT2D eigenvalue weighted by atomic mass is 35.5. The molecule has 5 aromatic rings. The van der Waals surface area contributed by atoms with Crippen molar-refractivity contribution in [2.45, 2.75) is 26.4 Å². The Labute approximate surface area is 224 Å². The molecule has 0 saturated carbocycles. The Morgan fingerprint density at radius 3 is 2.35 bits per heavy atom. The third-order valence-corrected chi connectivity index (χ3v) is 6.77. The number of carbonyl (C=O) groups excluding carboxylic acids is 1. The van der Waals surface area contributed by atoms with E-state index >= 15 is 0 Å². The quantitative estimate of drug-likeness (QED) is 0.156. The zero-order valence-corrected chi connectivity index (χ0v) is 21.7. The molecule has 0 fully saturated rings. The SMILES string of the molecule is CC(C)c1onc(-c2c(Cl)cccc2Cl)c1COc1ccc(-c2ccc3c(N=C=O)cccc3c2)cc1. The second-order valence-corrected chi connectivity index (χ2v) is 9.67. The van der Waals surface area contributed by atoms with Crippen LogP contribution in [0.4, 0.5) is 5.69 Å².